The second-order valence-corrected chi connectivity index (χ2v) is 5.38. The van der Waals surface area contributed by atoms with Gasteiger partial charge in [0.2, 0.25) is 0 Å². The number of aromatic nitrogens is 1. The first-order chi connectivity index (χ1) is 10.7. The lowest BCUT2D eigenvalue weighted by Gasteiger charge is -1.94. The van der Waals surface area contributed by atoms with E-state index in [0.29, 0.717) is 11.5 Å². The predicted molar refractivity (Wildman–Crippen MR) is 82.9 cm³/mol. The van der Waals surface area contributed by atoms with E-state index in [1.54, 1.807) is 18.2 Å². The molecule has 22 heavy (non-hydrogen) atoms. The van der Waals surface area contributed by atoms with Crippen LogP contribution in [0.2, 0.25) is 0 Å². The first kappa shape index (κ1) is 14.0. The number of carbonyl (C=O) groups is 1. The SMILES string of the molecule is COC(=O)/C(C#N)=C/c1ccc(-c2nc3ccccc3s2)o1. The first-order valence-corrected chi connectivity index (χ1v) is 7.19. The number of para-hydroxylation sites is 1. The zero-order chi connectivity index (χ0) is 15.5. The van der Waals surface area contributed by atoms with Crippen LogP contribution in [0.25, 0.3) is 27.1 Å². The maximum atomic E-state index is 11.4. The summed E-state index contributed by atoms with van der Waals surface area (Å²) in [6.45, 7) is 0. The van der Waals surface area contributed by atoms with Gasteiger partial charge < -0.3 is 9.15 Å². The zero-order valence-electron chi connectivity index (χ0n) is 11.6. The fourth-order valence-corrected chi connectivity index (χ4v) is 2.84. The second kappa shape index (κ2) is 5.84. The molecule has 0 saturated carbocycles. The van der Waals surface area contributed by atoms with Crippen LogP contribution in [0.3, 0.4) is 0 Å². The molecule has 0 aliphatic rings. The molecule has 0 radical (unpaired) electrons. The second-order valence-electron chi connectivity index (χ2n) is 4.35. The number of methoxy groups -OCH3 is 1. The van der Waals surface area contributed by atoms with Crippen molar-refractivity contribution in [1.82, 2.24) is 4.98 Å². The van der Waals surface area contributed by atoms with Crippen LogP contribution in [0.15, 0.2) is 46.4 Å². The number of benzene rings is 1. The van der Waals surface area contributed by atoms with Crippen molar-refractivity contribution in [3.63, 3.8) is 0 Å². The summed E-state index contributed by atoms with van der Waals surface area (Å²) in [5.74, 6) is 0.297. The normalized spacial score (nSPS) is 11.4. The maximum absolute atomic E-state index is 11.4. The minimum absolute atomic E-state index is 0.118. The van der Waals surface area contributed by atoms with E-state index < -0.39 is 5.97 Å². The van der Waals surface area contributed by atoms with Crippen molar-refractivity contribution in [3.05, 3.63) is 47.7 Å². The molecule has 0 saturated heterocycles. The molecule has 1 aromatic carbocycles. The molecule has 6 heteroatoms. The highest BCUT2D eigenvalue weighted by atomic mass is 32.1. The Hall–Kier alpha value is -2.91. The minimum atomic E-state index is -0.694. The van der Waals surface area contributed by atoms with Crippen molar-refractivity contribution >= 4 is 33.6 Å². The van der Waals surface area contributed by atoms with Crippen molar-refractivity contribution in [2.24, 2.45) is 0 Å². The number of nitriles is 1. The van der Waals surface area contributed by atoms with Crippen LogP contribution in [0.1, 0.15) is 5.76 Å². The van der Waals surface area contributed by atoms with E-state index in [4.69, 9.17) is 9.68 Å². The number of carbonyl (C=O) groups excluding carboxylic acids is 1. The molecular weight excluding hydrogens is 300 g/mol. The van der Waals surface area contributed by atoms with Crippen LogP contribution in [0, 0.1) is 11.3 Å². The molecule has 0 amide bonds. The van der Waals surface area contributed by atoms with Gasteiger partial charge in [-0.3, -0.25) is 0 Å². The molecule has 3 rings (SSSR count). The lowest BCUT2D eigenvalue weighted by Crippen LogP contribution is -2.02. The summed E-state index contributed by atoms with van der Waals surface area (Å²) in [5.41, 5.74) is 0.788. The Balaban J connectivity index is 1.95. The lowest BCUT2D eigenvalue weighted by atomic mass is 10.2. The number of esters is 1. The van der Waals surface area contributed by atoms with Crippen LogP contribution in [0.5, 0.6) is 0 Å². The summed E-state index contributed by atoms with van der Waals surface area (Å²) in [5, 5.41) is 9.68. The van der Waals surface area contributed by atoms with E-state index in [9.17, 15) is 4.79 Å². The van der Waals surface area contributed by atoms with Crippen molar-refractivity contribution in [2.45, 2.75) is 0 Å². The lowest BCUT2D eigenvalue weighted by molar-refractivity contribution is -0.135. The number of furan rings is 1. The van der Waals surface area contributed by atoms with Gasteiger partial charge in [-0.2, -0.15) is 5.26 Å². The number of nitrogens with zero attached hydrogens (tertiary/aromatic N) is 2. The molecule has 2 heterocycles. The number of fused-ring (bicyclic) bond motifs is 1. The van der Waals surface area contributed by atoms with Gasteiger partial charge in [0.05, 0.1) is 17.3 Å². The molecule has 2 aromatic heterocycles. The molecule has 3 aromatic rings. The average Bonchev–Trinajstić information content (AvgIpc) is 3.17. The van der Waals surface area contributed by atoms with E-state index in [0.717, 1.165) is 15.2 Å². The van der Waals surface area contributed by atoms with Gasteiger partial charge in [-0.05, 0) is 24.3 Å². The average molecular weight is 310 g/mol. The summed E-state index contributed by atoms with van der Waals surface area (Å²) >= 11 is 1.52. The van der Waals surface area contributed by atoms with Gasteiger partial charge >= 0.3 is 5.97 Å². The van der Waals surface area contributed by atoms with E-state index in [1.165, 1.54) is 24.5 Å². The molecule has 0 fully saturated rings. The van der Waals surface area contributed by atoms with E-state index >= 15 is 0 Å². The smallest absolute Gasteiger partial charge is 0.348 e. The third kappa shape index (κ3) is 2.62. The van der Waals surface area contributed by atoms with Gasteiger partial charge in [0, 0.05) is 6.08 Å². The third-order valence-electron chi connectivity index (χ3n) is 2.94. The number of rotatable bonds is 3. The summed E-state index contributed by atoms with van der Waals surface area (Å²) in [6, 6.07) is 13.0. The number of thiazole rings is 1. The highest BCUT2D eigenvalue weighted by Gasteiger charge is 2.12. The predicted octanol–water partition coefficient (Wildman–Crippen LogP) is 3.64. The van der Waals surface area contributed by atoms with Crippen LogP contribution < -0.4 is 0 Å². The van der Waals surface area contributed by atoms with Crippen molar-refractivity contribution in [2.75, 3.05) is 7.11 Å². The summed E-state index contributed by atoms with van der Waals surface area (Å²) in [4.78, 5) is 15.9. The van der Waals surface area contributed by atoms with Gasteiger partial charge in [0.15, 0.2) is 10.8 Å². The molecule has 0 N–H and O–H groups in total. The van der Waals surface area contributed by atoms with Crippen LogP contribution in [-0.2, 0) is 9.53 Å². The highest BCUT2D eigenvalue weighted by Crippen LogP contribution is 2.31. The van der Waals surface area contributed by atoms with Crippen molar-refractivity contribution < 1.29 is 13.9 Å². The Morgan fingerprint density at radius 3 is 2.91 bits per heavy atom. The van der Waals surface area contributed by atoms with Crippen molar-refractivity contribution in [3.8, 4) is 16.8 Å². The number of hydrogen-bond donors (Lipinski definition) is 0. The molecule has 0 unspecified atom stereocenters. The summed E-state index contributed by atoms with van der Waals surface area (Å²) in [7, 11) is 1.22. The third-order valence-corrected chi connectivity index (χ3v) is 3.99. The Bertz CT molecular complexity index is 882. The molecular formula is C16H10N2O3S. The van der Waals surface area contributed by atoms with Crippen LogP contribution >= 0.6 is 11.3 Å². The van der Waals surface area contributed by atoms with Gasteiger partial charge in [-0.15, -0.1) is 11.3 Å². The Labute approximate surface area is 130 Å². The Kier molecular flexibility index (Phi) is 3.73. The van der Waals surface area contributed by atoms with E-state index in [1.807, 2.05) is 24.3 Å². The van der Waals surface area contributed by atoms with Crippen LogP contribution in [-0.4, -0.2) is 18.1 Å². The van der Waals surface area contributed by atoms with Crippen molar-refractivity contribution in [1.29, 1.82) is 5.26 Å². The minimum Gasteiger partial charge on any atom is -0.465 e. The summed E-state index contributed by atoms with van der Waals surface area (Å²) < 4.78 is 11.2. The van der Waals surface area contributed by atoms with Gasteiger partial charge in [-0.25, -0.2) is 9.78 Å². The number of ether oxygens (including phenoxy) is 1. The molecule has 0 bridgehead atoms. The van der Waals surface area contributed by atoms with Gasteiger partial charge in [0.1, 0.15) is 17.4 Å². The molecule has 5 nitrogen and oxygen atoms in total. The standard InChI is InChI=1S/C16H10N2O3S/c1-20-16(19)10(9-17)8-11-6-7-13(21-11)15-18-12-4-2-3-5-14(12)22-15/h2-8H,1H3/b10-8+. The number of hydrogen-bond acceptors (Lipinski definition) is 6. The van der Waals surface area contributed by atoms with E-state index in [2.05, 4.69) is 9.72 Å². The van der Waals surface area contributed by atoms with Gasteiger partial charge in [0.25, 0.3) is 0 Å². The topological polar surface area (TPSA) is 76.1 Å². The largest absolute Gasteiger partial charge is 0.465 e. The fraction of sp³-hybridized carbons (Fsp3) is 0.0625. The monoisotopic (exact) mass is 310 g/mol. The zero-order valence-corrected chi connectivity index (χ0v) is 12.4. The first-order valence-electron chi connectivity index (χ1n) is 6.37. The maximum Gasteiger partial charge on any atom is 0.348 e. The fourth-order valence-electron chi connectivity index (χ4n) is 1.91. The molecule has 0 spiro atoms. The van der Waals surface area contributed by atoms with Gasteiger partial charge in [-0.1, -0.05) is 12.1 Å². The summed E-state index contributed by atoms with van der Waals surface area (Å²) in [6.07, 6.45) is 1.35. The van der Waals surface area contributed by atoms with Crippen LogP contribution in [0.4, 0.5) is 0 Å². The van der Waals surface area contributed by atoms with E-state index in [-0.39, 0.29) is 5.57 Å². The Morgan fingerprint density at radius 1 is 1.36 bits per heavy atom. The Morgan fingerprint density at radius 2 is 2.18 bits per heavy atom. The highest BCUT2D eigenvalue weighted by molar-refractivity contribution is 7.21. The molecule has 0 atom stereocenters. The quantitative estimate of drug-likeness (QED) is 0.419. The molecule has 108 valence electrons. The molecule has 0 aliphatic heterocycles. The molecule has 0 aliphatic carbocycles.